The van der Waals surface area contributed by atoms with E-state index in [-0.39, 0.29) is 35.5 Å². The van der Waals surface area contributed by atoms with Gasteiger partial charge in [-0.3, -0.25) is 14.7 Å². The van der Waals surface area contributed by atoms with Crippen molar-refractivity contribution in [3.05, 3.63) is 48.0 Å². The lowest BCUT2D eigenvalue weighted by molar-refractivity contribution is -0.192. The van der Waals surface area contributed by atoms with E-state index < -0.39 is 28.2 Å². The molecule has 2 N–H and O–H groups in total. The van der Waals surface area contributed by atoms with Crippen LogP contribution in [-0.4, -0.2) is 52.2 Å². The number of hydrogen-bond acceptors (Lipinski definition) is 8. The van der Waals surface area contributed by atoms with Gasteiger partial charge in [0.1, 0.15) is 12.1 Å². The Labute approximate surface area is 197 Å². The second-order valence-corrected chi connectivity index (χ2v) is 10.7. The average Bonchev–Trinajstić information content (AvgIpc) is 3.51. The first-order valence-corrected chi connectivity index (χ1v) is 12.9. The Morgan fingerprint density at radius 3 is 2.79 bits per heavy atom. The van der Waals surface area contributed by atoms with Crippen molar-refractivity contribution in [1.29, 1.82) is 0 Å². The van der Waals surface area contributed by atoms with Gasteiger partial charge in [-0.05, 0) is 25.5 Å². The number of nitrogens with zero attached hydrogens (tertiary/aromatic N) is 4. The first-order chi connectivity index (χ1) is 16.2. The van der Waals surface area contributed by atoms with Crippen LogP contribution < -0.4 is 9.46 Å². The number of hydrogen-bond donors (Lipinski definition) is 2. The molecule has 0 spiro atoms. The summed E-state index contributed by atoms with van der Waals surface area (Å²) in [5.41, 5.74) is 1.45. The summed E-state index contributed by atoms with van der Waals surface area (Å²) in [6, 6.07) is 3.90. The SMILES string of the molecule is O=S(=O)(Nc1ncns1)c1ccc2c(c1)OCC[C@H]2N1CC[C@@H](C(F)(F)F)C[C@H]1c1cn[nH]c1. The number of likely N-dealkylation sites (tertiary alicyclic amines) is 1. The quantitative estimate of drug-likeness (QED) is 0.531. The summed E-state index contributed by atoms with van der Waals surface area (Å²) in [6.07, 6.45) is 0.702. The number of aromatic amines is 1. The van der Waals surface area contributed by atoms with E-state index >= 15 is 0 Å². The molecule has 9 nitrogen and oxygen atoms in total. The lowest BCUT2D eigenvalue weighted by Crippen LogP contribution is -2.44. The number of rotatable bonds is 5. The maximum Gasteiger partial charge on any atom is 0.391 e. The normalized spacial score (nSPS) is 23.8. The van der Waals surface area contributed by atoms with Crippen molar-refractivity contribution < 1.29 is 26.3 Å². The predicted molar refractivity (Wildman–Crippen MR) is 117 cm³/mol. The Morgan fingerprint density at radius 2 is 2.09 bits per heavy atom. The second-order valence-electron chi connectivity index (χ2n) is 8.25. The number of halogens is 3. The third kappa shape index (κ3) is 4.49. The van der Waals surface area contributed by atoms with Gasteiger partial charge >= 0.3 is 6.18 Å². The number of fused-ring (bicyclic) bond motifs is 1. The Morgan fingerprint density at radius 1 is 1.24 bits per heavy atom. The van der Waals surface area contributed by atoms with Gasteiger partial charge in [0.2, 0.25) is 5.13 Å². The van der Waals surface area contributed by atoms with E-state index in [1.807, 2.05) is 0 Å². The molecule has 3 atom stereocenters. The molecule has 14 heteroatoms. The molecule has 34 heavy (non-hydrogen) atoms. The topological polar surface area (TPSA) is 113 Å². The Kier molecular flexibility index (Phi) is 5.98. The molecule has 0 radical (unpaired) electrons. The van der Waals surface area contributed by atoms with Crippen LogP contribution in [0.4, 0.5) is 18.3 Å². The standard InChI is InChI=1S/C20H21F3N6O3S2/c21-20(22,23)13-3-5-29(17(7-13)12-9-25-26-10-12)16-4-6-32-18-8-14(1-2-15(16)18)34(30,31)28-19-24-11-27-33-19/h1-2,8-11,13,16-17H,3-7H2,(H,25,26)(H,24,27,28)/t13-,16-,17+/m1/s1. The van der Waals surface area contributed by atoms with Crippen LogP contribution in [0.2, 0.25) is 0 Å². The molecule has 0 amide bonds. The Balaban J connectivity index is 1.44. The first kappa shape index (κ1) is 23.1. The summed E-state index contributed by atoms with van der Waals surface area (Å²) in [4.78, 5) is 5.90. The molecule has 5 rings (SSSR count). The molecule has 2 aliphatic heterocycles. The highest BCUT2D eigenvalue weighted by Crippen LogP contribution is 2.48. The summed E-state index contributed by atoms with van der Waals surface area (Å²) < 4.78 is 78.0. The highest BCUT2D eigenvalue weighted by atomic mass is 32.2. The number of benzene rings is 1. The minimum Gasteiger partial charge on any atom is -0.493 e. The molecular formula is C20H21F3N6O3S2. The molecule has 3 aromatic rings. The Hall–Kier alpha value is -2.71. The van der Waals surface area contributed by atoms with Crippen LogP contribution >= 0.6 is 11.5 Å². The summed E-state index contributed by atoms with van der Waals surface area (Å²) >= 11 is 0.916. The largest absolute Gasteiger partial charge is 0.493 e. The molecular weight excluding hydrogens is 493 g/mol. The molecule has 2 aromatic heterocycles. The smallest absolute Gasteiger partial charge is 0.391 e. The third-order valence-electron chi connectivity index (χ3n) is 6.30. The van der Waals surface area contributed by atoms with Gasteiger partial charge in [-0.1, -0.05) is 6.07 Å². The fourth-order valence-electron chi connectivity index (χ4n) is 4.68. The number of H-pyrrole nitrogens is 1. The second kappa shape index (κ2) is 8.82. The third-order valence-corrected chi connectivity index (χ3v) is 8.34. The van der Waals surface area contributed by atoms with Crippen molar-refractivity contribution in [2.75, 3.05) is 17.9 Å². The van der Waals surface area contributed by atoms with Gasteiger partial charge in [-0.2, -0.15) is 22.6 Å². The van der Waals surface area contributed by atoms with Crippen molar-refractivity contribution in [2.45, 2.75) is 42.4 Å². The van der Waals surface area contributed by atoms with Gasteiger partial charge in [0.15, 0.2) is 0 Å². The van der Waals surface area contributed by atoms with Gasteiger partial charge in [-0.15, -0.1) is 0 Å². The number of alkyl halides is 3. The minimum absolute atomic E-state index is 0.00275. The number of nitrogens with one attached hydrogen (secondary N) is 2. The predicted octanol–water partition coefficient (Wildman–Crippen LogP) is 3.90. The van der Waals surface area contributed by atoms with Crippen LogP contribution in [0.5, 0.6) is 5.75 Å². The zero-order chi connectivity index (χ0) is 23.9. The summed E-state index contributed by atoms with van der Waals surface area (Å²) in [5, 5.41) is 6.78. The van der Waals surface area contributed by atoms with E-state index in [0.29, 0.717) is 24.3 Å². The van der Waals surface area contributed by atoms with Crippen LogP contribution in [0.3, 0.4) is 0 Å². The fourth-order valence-corrected chi connectivity index (χ4v) is 6.36. The molecule has 1 fully saturated rings. The molecule has 2 aliphatic rings. The first-order valence-electron chi connectivity index (χ1n) is 10.6. The lowest BCUT2D eigenvalue weighted by Gasteiger charge is -2.45. The highest BCUT2D eigenvalue weighted by molar-refractivity contribution is 7.93. The van der Waals surface area contributed by atoms with Gasteiger partial charge in [0, 0.05) is 53.4 Å². The highest BCUT2D eigenvalue weighted by Gasteiger charge is 2.46. The van der Waals surface area contributed by atoms with Crippen molar-refractivity contribution in [3.63, 3.8) is 0 Å². The molecule has 4 heterocycles. The Bertz CT molecular complexity index is 1230. The van der Waals surface area contributed by atoms with Gasteiger partial charge in [0.05, 0.1) is 23.6 Å². The summed E-state index contributed by atoms with van der Waals surface area (Å²) in [6.45, 7) is 0.574. The van der Waals surface area contributed by atoms with Crippen LogP contribution in [-0.2, 0) is 10.0 Å². The van der Waals surface area contributed by atoms with Crippen LogP contribution in [0.25, 0.3) is 0 Å². The summed E-state index contributed by atoms with van der Waals surface area (Å²) in [5.74, 6) is -0.984. The molecule has 1 aromatic carbocycles. The maximum atomic E-state index is 13.5. The number of piperidine rings is 1. The maximum absolute atomic E-state index is 13.5. The van der Waals surface area contributed by atoms with Crippen molar-refractivity contribution in [2.24, 2.45) is 5.92 Å². The molecule has 0 bridgehead atoms. The zero-order valence-electron chi connectivity index (χ0n) is 17.7. The van der Waals surface area contributed by atoms with Gasteiger partial charge in [-0.25, -0.2) is 13.4 Å². The molecule has 0 saturated carbocycles. The number of anilines is 1. The summed E-state index contributed by atoms with van der Waals surface area (Å²) in [7, 11) is -3.90. The molecule has 0 unspecified atom stereocenters. The molecule has 0 aliphatic carbocycles. The van der Waals surface area contributed by atoms with E-state index in [1.165, 1.54) is 18.5 Å². The number of sulfonamides is 1. The zero-order valence-corrected chi connectivity index (χ0v) is 19.3. The number of aromatic nitrogens is 4. The fraction of sp³-hybridized carbons (Fsp3) is 0.450. The van der Waals surface area contributed by atoms with Crippen molar-refractivity contribution in [3.8, 4) is 5.75 Å². The van der Waals surface area contributed by atoms with E-state index in [1.54, 1.807) is 18.5 Å². The monoisotopic (exact) mass is 514 g/mol. The molecule has 1 saturated heterocycles. The van der Waals surface area contributed by atoms with Crippen molar-refractivity contribution >= 4 is 26.7 Å². The number of ether oxygens (including phenoxy) is 1. The molecule has 182 valence electrons. The van der Waals surface area contributed by atoms with E-state index in [2.05, 4.69) is 29.2 Å². The minimum atomic E-state index is -4.26. The van der Waals surface area contributed by atoms with E-state index in [4.69, 9.17) is 4.74 Å². The average molecular weight is 515 g/mol. The van der Waals surface area contributed by atoms with E-state index in [9.17, 15) is 21.6 Å². The van der Waals surface area contributed by atoms with Crippen LogP contribution in [0.1, 0.15) is 42.5 Å². The van der Waals surface area contributed by atoms with Crippen LogP contribution in [0.15, 0.2) is 41.8 Å². The van der Waals surface area contributed by atoms with Crippen LogP contribution in [0, 0.1) is 5.92 Å². The van der Waals surface area contributed by atoms with Crippen molar-refractivity contribution in [1.82, 2.24) is 24.5 Å². The van der Waals surface area contributed by atoms with Gasteiger partial charge < -0.3 is 4.74 Å². The lowest BCUT2D eigenvalue weighted by atomic mass is 9.84. The van der Waals surface area contributed by atoms with Gasteiger partial charge in [0.25, 0.3) is 10.0 Å². The van der Waals surface area contributed by atoms with E-state index in [0.717, 1.165) is 17.1 Å².